The molecule has 0 aliphatic heterocycles. The van der Waals surface area contributed by atoms with E-state index in [1.54, 1.807) is 0 Å². The average Bonchev–Trinajstić information content (AvgIpc) is 3.55. The number of carboxylic acids is 1. The van der Waals surface area contributed by atoms with Crippen LogP contribution in [0.5, 0.6) is 0 Å². The quantitative estimate of drug-likeness (QED) is 0.0195. The van der Waals surface area contributed by atoms with Crippen LogP contribution < -0.4 is 5.11 Å². The number of hydrogen-bond acceptors (Lipinski definition) is 8. The summed E-state index contributed by atoms with van der Waals surface area (Å²) in [6, 6.07) is 0. The van der Waals surface area contributed by atoms with E-state index in [1.165, 1.54) is 308 Å². The van der Waals surface area contributed by atoms with Crippen molar-refractivity contribution in [2.24, 2.45) is 0 Å². The van der Waals surface area contributed by atoms with Gasteiger partial charge in [0.1, 0.15) is 13.2 Å². The first-order chi connectivity index (χ1) is 41.1. The van der Waals surface area contributed by atoms with Crippen LogP contribution in [0.3, 0.4) is 0 Å². The molecule has 0 heterocycles. The number of rotatable bonds is 70. The topological polar surface area (TPSA) is 111 Å². The van der Waals surface area contributed by atoms with Gasteiger partial charge in [-0.05, 0) is 44.9 Å². The van der Waals surface area contributed by atoms with Crippen molar-refractivity contribution in [3.63, 3.8) is 0 Å². The highest BCUT2D eigenvalue weighted by atomic mass is 16.7. The summed E-state index contributed by atoms with van der Waals surface area (Å²) in [6.07, 6.45) is 80.0. The number of unbranched alkanes of at least 4 members (excludes halogenated alkanes) is 51. The molecule has 0 amide bonds. The highest BCUT2D eigenvalue weighted by Crippen LogP contribution is 2.19. The minimum Gasteiger partial charge on any atom is -0.545 e. The van der Waals surface area contributed by atoms with Crippen molar-refractivity contribution in [1.82, 2.24) is 0 Å². The number of ether oxygens (including phenoxy) is 4. The van der Waals surface area contributed by atoms with E-state index in [2.05, 4.69) is 38.2 Å². The van der Waals surface area contributed by atoms with Crippen LogP contribution in [0.2, 0.25) is 0 Å². The van der Waals surface area contributed by atoms with Crippen molar-refractivity contribution in [3.8, 4) is 0 Å². The molecule has 0 aliphatic carbocycles. The van der Waals surface area contributed by atoms with Gasteiger partial charge < -0.3 is 33.3 Å². The molecule has 0 fully saturated rings. The number of hydrogen-bond donors (Lipinski definition) is 0. The fourth-order valence-corrected chi connectivity index (χ4v) is 11.3. The number of allylic oxidation sites excluding steroid dienone is 4. The molecule has 9 heteroatoms. The highest BCUT2D eigenvalue weighted by Gasteiger charge is 2.22. The zero-order valence-corrected chi connectivity index (χ0v) is 56.8. The molecule has 0 aromatic carbocycles. The Balaban J connectivity index is 4.00. The van der Waals surface area contributed by atoms with Crippen LogP contribution in [0.1, 0.15) is 380 Å². The molecule has 0 rings (SSSR count). The van der Waals surface area contributed by atoms with E-state index in [-0.39, 0.29) is 32.2 Å². The zero-order valence-electron chi connectivity index (χ0n) is 56.8. The third-order valence-corrected chi connectivity index (χ3v) is 17.0. The number of esters is 2. The molecular weight excluding hydrogens is 1040 g/mol. The lowest BCUT2D eigenvalue weighted by Gasteiger charge is -2.26. The highest BCUT2D eigenvalue weighted by molar-refractivity contribution is 5.70. The molecule has 0 N–H and O–H groups in total. The van der Waals surface area contributed by atoms with Gasteiger partial charge in [0, 0.05) is 12.8 Å². The Bertz CT molecular complexity index is 1430. The molecular formula is C75H143NO8. The Morgan fingerprint density at radius 3 is 0.940 bits per heavy atom. The van der Waals surface area contributed by atoms with Crippen LogP contribution in [0.15, 0.2) is 24.3 Å². The van der Waals surface area contributed by atoms with Crippen molar-refractivity contribution >= 4 is 17.9 Å². The van der Waals surface area contributed by atoms with Crippen molar-refractivity contribution in [3.05, 3.63) is 24.3 Å². The molecule has 0 aromatic rings. The maximum Gasteiger partial charge on any atom is 0.306 e. The molecule has 496 valence electrons. The lowest BCUT2D eigenvalue weighted by atomic mass is 10.0. The summed E-state index contributed by atoms with van der Waals surface area (Å²) in [6.45, 7) is 4.82. The normalized spacial score (nSPS) is 12.7. The number of carbonyl (C=O) groups is 3. The Kier molecular flexibility index (Phi) is 64.9. The van der Waals surface area contributed by atoms with Gasteiger partial charge in [0.2, 0.25) is 0 Å². The van der Waals surface area contributed by atoms with Crippen LogP contribution in [-0.2, 0) is 33.3 Å². The van der Waals surface area contributed by atoms with Crippen LogP contribution in [0.25, 0.3) is 0 Å². The molecule has 0 aliphatic rings. The van der Waals surface area contributed by atoms with Gasteiger partial charge in [0.25, 0.3) is 0 Å². The van der Waals surface area contributed by atoms with Gasteiger partial charge in [-0.25, -0.2) is 0 Å². The van der Waals surface area contributed by atoms with Crippen molar-refractivity contribution in [2.45, 2.75) is 392 Å². The molecule has 0 bridgehead atoms. The van der Waals surface area contributed by atoms with Crippen molar-refractivity contribution in [2.75, 3.05) is 47.5 Å². The fraction of sp³-hybridized carbons (Fsp3) is 0.907. The molecule has 0 saturated carbocycles. The standard InChI is InChI=1S/C75H143NO8/c1-6-8-10-12-14-16-18-20-22-24-26-28-30-32-33-34-35-36-37-38-39-40-41-42-44-46-48-50-52-54-56-58-60-62-64-66-73(78)84-71(70-83-75(74(79)80)81-68-67-76(3,4)5)69-82-72(77)65-63-61-59-57-55-53-51-49-47-45-43-31-29-27-25-23-21-19-17-15-13-11-9-7-2/h18,20,24,26,71,75H,6-17,19,21-23,25,27-70H2,1-5H3/b20-18-,26-24-. The van der Waals surface area contributed by atoms with E-state index in [1.807, 2.05) is 21.1 Å². The second-order valence-electron chi connectivity index (χ2n) is 26.6. The van der Waals surface area contributed by atoms with E-state index in [4.69, 9.17) is 18.9 Å². The van der Waals surface area contributed by atoms with Crippen LogP contribution in [-0.4, -0.2) is 82.3 Å². The maximum absolute atomic E-state index is 12.9. The monoisotopic (exact) mass is 1190 g/mol. The third-order valence-electron chi connectivity index (χ3n) is 17.0. The fourth-order valence-electron chi connectivity index (χ4n) is 11.3. The van der Waals surface area contributed by atoms with E-state index in [9.17, 15) is 19.5 Å². The molecule has 0 saturated heterocycles. The Morgan fingerprint density at radius 1 is 0.357 bits per heavy atom. The SMILES string of the molecule is CCCCCCC/C=C\C/C=C\CCCCCCCCCCCCCCCCCCCCCCCCCC(=O)OC(COC(=O)CCCCCCCCCCCCCCCCCCCCCCCCCC)COC(OCC[N+](C)(C)C)C(=O)[O-]. The predicted molar refractivity (Wildman–Crippen MR) is 357 cm³/mol. The molecule has 2 unspecified atom stereocenters. The molecule has 0 aromatic heterocycles. The zero-order chi connectivity index (χ0) is 61.2. The predicted octanol–water partition coefficient (Wildman–Crippen LogP) is 21.6. The summed E-state index contributed by atoms with van der Waals surface area (Å²) in [7, 11) is 5.95. The molecule has 0 spiro atoms. The first kappa shape index (κ1) is 81.8. The Hall–Kier alpha value is -2.23. The Morgan fingerprint density at radius 2 is 0.643 bits per heavy atom. The van der Waals surface area contributed by atoms with Gasteiger partial charge in [0.15, 0.2) is 12.4 Å². The van der Waals surface area contributed by atoms with Crippen LogP contribution in [0, 0.1) is 0 Å². The summed E-state index contributed by atoms with van der Waals surface area (Å²) in [5.41, 5.74) is 0. The first-order valence-corrected chi connectivity index (χ1v) is 37.0. The van der Waals surface area contributed by atoms with Crippen LogP contribution in [0.4, 0.5) is 0 Å². The maximum atomic E-state index is 12.9. The number of quaternary nitrogens is 1. The summed E-state index contributed by atoms with van der Waals surface area (Å²) in [5, 5.41) is 11.8. The summed E-state index contributed by atoms with van der Waals surface area (Å²) < 4.78 is 22.8. The molecule has 0 radical (unpaired) electrons. The average molecular weight is 1190 g/mol. The van der Waals surface area contributed by atoms with Gasteiger partial charge in [-0.15, -0.1) is 0 Å². The lowest BCUT2D eigenvalue weighted by molar-refractivity contribution is -0.870. The van der Waals surface area contributed by atoms with E-state index < -0.39 is 24.3 Å². The van der Waals surface area contributed by atoms with E-state index >= 15 is 0 Å². The van der Waals surface area contributed by atoms with Crippen LogP contribution >= 0.6 is 0 Å². The minimum atomic E-state index is -1.62. The number of nitrogens with zero attached hydrogens (tertiary/aromatic N) is 1. The second-order valence-corrected chi connectivity index (χ2v) is 26.6. The van der Waals surface area contributed by atoms with Gasteiger partial charge in [-0.1, -0.05) is 346 Å². The van der Waals surface area contributed by atoms with Crippen molar-refractivity contribution < 1.29 is 42.9 Å². The smallest absolute Gasteiger partial charge is 0.306 e. The molecule has 84 heavy (non-hydrogen) atoms. The van der Waals surface area contributed by atoms with E-state index in [0.717, 1.165) is 44.9 Å². The van der Waals surface area contributed by atoms with E-state index in [0.29, 0.717) is 17.4 Å². The van der Waals surface area contributed by atoms with Gasteiger partial charge in [0.05, 0.1) is 40.3 Å². The molecule has 2 atom stereocenters. The van der Waals surface area contributed by atoms with Gasteiger partial charge in [-0.3, -0.25) is 9.59 Å². The largest absolute Gasteiger partial charge is 0.545 e. The summed E-state index contributed by atoms with van der Waals surface area (Å²) in [4.78, 5) is 37.5. The third kappa shape index (κ3) is 67.3. The summed E-state index contributed by atoms with van der Waals surface area (Å²) in [5.74, 6) is -2.25. The first-order valence-electron chi connectivity index (χ1n) is 37.0. The number of carboxylic acid groups (broad SMARTS) is 1. The Labute approximate surface area is 522 Å². The number of aliphatic carboxylic acids is 1. The van der Waals surface area contributed by atoms with Gasteiger partial charge >= 0.3 is 11.9 Å². The lowest BCUT2D eigenvalue weighted by Crippen LogP contribution is -2.44. The number of carbonyl (C=O) groups excluding carboxylic acids is 3. The second kappa shape index (κ2) is 66.7. The number of likely N-dealkylation sites (N-methyl/N-ethyl adjacent to an activating group) is 1. The molecule has 9 nitrogen and oxygen atoms in total. The van der Waals surface area contributed by atoms with Crippen molar-refractivity contribution in [1.29, 1.82) is 0 Å². The van der Waals surface area contributed by atoms with Gasteiger partial charge in [-0.2, -0.15) is 0 Å². The summed E-state index contributed by atoms with van der Waals surface area (Å²) >= 11 is 0. The minimum absolute atomic E-state index is 0.152.